The zero-order valence-corrected chi connectivity index (χ0v) is 15.1. The molecule has 0 fully saturated rings. The van der Waals surface area contributed by atoms with Crippen LogP contribution in [0.3, 0.4) is 0 Å². The summed E-state index contributed by atoms with van der Waals surface area (Å²) in [6, 6.07) is 14.4. The van der Waals surface area contributed by atoms with Gasteiger partial charge in [0.25, 0.3) is 5.91 Å². The molecule has 0 saturated carbocycles. The lowest BCUT2D eigenvalue weighted by molar-refractivity contribution is -0.123. The SMILES string of the molecule is COc1ccc(CNC(=O)c2cccc(NC(=O)C(C)(C)C)c2)cc1. The van der Waals surface area contributed by atoms with Gasteiger partial charge in [0.1, 0.15) is 5.75 Å². The van der Waals surface area contributed by atoms with Gasteiger partial charge in [0.05, 0.1) is 7.11 Å². The van der Waals surface area contributed by atoms with E-state index in [9.17, 15) is 9.59 Å². The minimum atomic E-state index is -0.493. The zero-order valence-electron chi connectivity index (χ0n) is 15.1. The van der Waals surface area contributed by atoms with Crippen LogP contribution in [-0.2, 0) is 11.3 Å². The van der Waals surface area contributed by atoms with Crippen molar-refractivity contribution in [3.63, 3.8) is 0 Å². The van der Waals surface area contributed by atoms with E-state index in [2.05, 4.69) is 10.6 Å². The number of hydrogen-bond donors (Lipinski definition) is 2. The summed E-state index contributed by atoms with van der Waals surface area (Å²) in [5.41, 5.74) is 1.59. The van der Waals surface area contributed by atoms with E-state index >= 15 is 0 Å². The summed E-state index contributed by atoms with van der Waals surface area (Å²) in [4.78, 5) is 24.4. The average molecular weight is 340 g/mol. The molecule has 5 heteroatoms. The lowest BCUT2D eigenvalue weighted by Gasteiger charge is -2.18. The number of rotatable bonds is 5. The van der Waals surface area contributed by atoms with Crippen molar-refractivity contribution in [3.8, 4) is 5.75 Å². The summed E-state index contributed by atoms with van der Waals surface area (Å²) in [7, 11) is 1.61. The van der Waals surface area contributed by atoms with Crippen LogP contribution in [0, 0.1) is 5.41 Å². The highest BCUT2D eigenvalue weighted by molar-refractivity contribution is 5.98. The third-order valence-corrected chi connectivity index (χ3v) is 3.68. The zero-order chi connectivity index (χ0) is 18.4. The number of methoxy groups -OCH3 is 1. The summed E-state index contributed by atoms with van der Waals surface area (Å²) in [6.07, 6.45) is 0. The lowest BCUT2D eigenvalue weighted by Crippen LogP contribution is -2.28. The Kier molecular flexibility index (Phi) is 5.80. The second kappa shape index (κ2) is 7.83. The van der Waals surface area contributed by atoms with Crippen LogP contribution in [0.1, 0.15) is 36.7 Å². The second-order valence-corrected chi connectivity index (χ2v) is 6.82. The van der Waals surface area contributed by atoms with Crippen molar-refractivity contribution < 1.29 is 14.3 Å². The number of carbonyl (C=O) groups is 2. The average Bonchev–Trinajstić information content (AvgIpc) is 2.59. The molecular weight excluding hydrogens is 316 g/mol. The highest BCUT2D eigenvalue weighted by Gasteiger charge is 2.21. The van der Waals surface area contributed by atoms with Crippen LogP contribution in [0.2, 0.25) is 0 Å². The summed E-state index contributed by atoms with van der Waals surface area (Å²) >= 11 is 0. The molecule has 0 radical (unpaired) electrons. The van der Waals surface area contributed by atoms with Gasteiger partial charge in [-0.05, 0) is 35.9 Å². The van der Waals surface area contributed by atoms with E-state index in [1.165, 1.54) is 0 Å². The number of carbonyl (C=O) groups excluding carboxylic acids is 2. The molecule has 0 aliphatic heterocycles. The Bertz CT molecular complexity index is 746. The molecule has 2 amide bonds. The molecule has 0 unspecified atom stereocenters. The first-order valence-electron chi connectivity index (χ1n) is 8.12. The van der Waals surface area contributed by atoms with Crippen LogP contribution in [0.15, 0.2) is 48.5 Å². The number of amides is 2. The molecule has 0 heterocycles. The molecular formula is C20H24N2O3. The summed E-state index contributed by atoms with van der Waals surface area (Å²) in [5.74, 6) is 0.489. The predicted octanol–water partition coefficient (Wildman–Crippen LogP) is 3.61. The smallest absolute Gasteiger partial charge is 0.251 e. The van der Waals surface area contributed by atoms with Crippen LogP contribution in [0.4, 0.5) is 5.69 Å². The monoisotopic (exact) mass is 340 g/mol. The van der Waals surface area contributed by atoms with Gasteiger partial charge in [0.2, 0.25) is 5.91 Å². The molecule has 132 valence electrons. The van der Waals surface area contributed by atoms with E-state index in [4.69, 9.17) is 4.74 Å². The quantitative estimate of drug-likeness (QED) is 0.874. The maximum atomic E-state index is 12.3. The highest BCUT2D eigenvalue weighted by atomic mass is 16.5. The number of nitrogens with one attached hydrogen (secondary N) is 2. The number of benzene rings is 2. The van der Waals surface area contributed by atoms with E-state index in [-0.39, 0.29) is 11.8 Å². The van der Waals surface area contributed by atoms with Crippen LogP contribution < -0.4 is 15.4 Å². The van der Waals surface area contributed by atoms with E-state index in [0.717, 1.165) is 11.3 Å². The van der Waals surface area contributed by atoms with Crippen molar-refractivity contribution >= 4 is 17.5 Å². The van der Waals surface area contributed by atoms with Crippen molar-refractivity contribution in [2.45, 2.75) is 27.3 Å². The molecule has 0 aliphatic rings. The molecule has 2 aromatic carbocycles. The van der Waals surface area contributed by atoms with Crippen LogP contribution in [0.5, 0.6) is 5.75 Å². The van der Waals surface area contributed by atoms with Gasteiger partial charge < -0.3 is 15.4 Å². The molecule has 2 aromatic rings. The van der Waals surface area contributed by atoms with Crippen molar-refractivity contribution in [2.24, 2.45) is 5.41 Å². The van der Waals surface area contributed by atoms with Gasteiger partial charge in [-0.15, -0.1) is 0 Å². The third-order valence-electron chi connectivity index (χ3n) is 3.68. The van der Waals surface area contributed by atoms with E-state index < -0.39 is 5.41 Å². The van der Waals surface area contributed by atoms with Gasteiger partial charge in [-0.3, -0.25) is 9.59 Å². The fourth-order valence-corrected chi connectivity index (χ4v) is 2.08. The molecule has 0 saturated heterocycles. The van der Waals surface area contributed by atoms with Crippen molar-refractivity contribution in [1.82, 2.24) is 5.32 Å². The fourth-order valence-electron chi connectivity index (χ4n) is 2.08. The van der Waals surface area contributed by atoms with Gasteiger partial charge in [-0.1, -0.05) is 39.0 Å². The Morgan fingerprint density at radius 3 is 2.32 bits per heavy atom. The minimum absolute atomic E-state index is 0.0942. The third kappa shape index (κ3) is 5.35. The van der Waals surface area contributed by atoms with Gasteiger partial charge in [0.15, 0.2) is 0 Å². The topological polar surface area (TPSA) is 67.4 Å². The first-order valence-corrected chi connectivity index (χ1v) is 8.12. The Balaban J connectivity index is 1.99. The van der Waals surface area contributed by atoms with E-state index in [0.29, 0.717) is 17.8 Å². The molecule has 25 heavy (non-hydrogen) atoms. The molecule has 0 spiro atoms. The first kappa shape index (κ1) is 18.5. The van der Waals surface area contributed by atoms with Gasteiger partial charge >= 0.3 is 0 Å². The minimum Gasteiger partial charge on any atom is -0.497 e. The highest BCUT2D eigenvalue weighted by Crippen LogP contribution is 2.18. The molecule has 0 atom stereocenters. The van der Waals surface area contributed by atoms with Gasteiger partial charge in [-0.25, -0.2) is 0 Å². The molecule has 2 N–H and O–H groups in total. The Morgan fingerprint density at radius 1 is 1.04 bits per heavy atom. The molecule has 5 nitrogen and oxygen atoms in total. The van der Waals surface area contributed by atoms with E-state index in [1.54, 1.807) is 31.4 Å². The summed E-state index contributed by atoms with van der Waals surface area (Å²) < 4.78 is 5.11. The standard InChI is InChI=1S/C20H24N2O3/c1-20(2,3)19(24)22-16-7-5-6-15(12-16)18(23)21-13-14-8-10-17(25-4)11-9-14/h5-12H,13H2,1-4H3,(H,21,23)(H,22,24). The summed E-state index contributed by atoms with van der Waals surface area (Å²) in [6.45, 7) is 5.94. The molecule has 0 aliphatic carbocycles. The first-order chi connectivity index (χ1) is 11.8. The second-order valence-electron chi connectivity index (χ2n) is 6.82. The normalized spacial score (nSPS) is 10.9. The predicted molar refractivity (Wildman–Crippen MR) is 98.7 cm³/mol. The molecule has 0 aromatic heterocycles. The van der Waals surface area contributed by atoms with Gasteiger partial charge in [0, 0.05) is 23.2 Å². The van der Waals surface area contributed by atoms with Crippen molar-refractivity contribution in [1.29, 1.82) is 0 Å². The Morgan fingerprint density at radius 2 is 1.72 bits per heavy atom. The maximum absolute atomic E-state index is 12.3. The van der Waals surface area contributed by atoms with E-state index in [1.807, 2.05) is 45.0 Å². The van der Waals surface area contributed by atoms with Crippen LogP contribution >= 0.6 is 0 Å². The van der Waals surface area contributed by atoms with Crippen molar-refractivity contribution in [3.05, 3.63) is 59.7 Å². The molecule has 0 bridgehead atoms. The summed E-state index contributed by atoms with van der Waals surface area (Å²) in [5, 5.41) is 5.70. The molecule has 2 rings (SSSR count). The van der Waals surface area contributed by atoms with Crippen molar-refractivity contribution in [2.75, 3.05) is 12.4 Å². The Hall–Kier alpha value is -2.82. The fraction of sp³-hybridized carbons (Fsp3) is 0.300. The van der Waals surface area contributed by atoms with Gasteiger partial charge in [-0.2, -0.15) is 0 Å². The number of hydrogen-bond acceptors (Lipinski definition) is 3. The largest absolute Gasteiger partial charge is 0.497 e. The number of ether oxygens (including phenoxy) is 1. The number of anilines is 1. The maximum Gasteiger partial charge on any atom is 0.251 e. The van der Waals surface area contributed by atoms with Crippen LogP contribution in [0.25, 0.3) is 0 Å². The lowest BCUT2D eigenvalue weighted by atomic mass is 9.95. The van der Waals surface area contributed by atoms with Crippen LogP contribution in [-0.4, -0.2) is 18.9 Å². The Labute approximate surface area is 148 Å².